The topological polar surface area (TPSA) is 41.5 Å². The third-order valence-corrected chi connectivity index (χ3v) is 5.68. The van der Waals surface area contributed by atoms with Gasteiger partial charge in [-0.2, -0.15) is 0 Å². The number of hydrogen-bond donors (Lipinski definition) is 1. The Morgan fingerprint density at radius 3 is 2.50 bits per heavy atom. The summed E-state index contributed by atoms with van der Waals surface area (Å²) in [7, 11) is 0. The van der Waals surface area contributed by atoms with Crippen LogP contribution in [-0.2, 0) is 6.42 Å². The number of benzene rings is 2. The lowest BCUT2D eigenvalue weighted by atomic mass is 10.1. The first-order valence-electron chi connectivity index (χ1n) is 9.07. The van der Waals surface area contributed by atoms with E-state index in [-0.39, 0.29) is 5.78 Å². The fourth-order valence-electron chi connectivity index (χ4n) is 2.67. The van der Waals surface area contributed by atoms with Gasteiger partial charge in [0.2, 0.25) is 0 Å². The van der Waals surface area contributed by atoms with E-state index in [4.69, 9.17) is 0 Å². The predicted octanol–water partition coefficient (Wildman–Crippen LogP) is 5.44. The number of anilines is 1. The molecule has 134 valence electrons. The van der Waals surface area contributed by atoms with Gasteiger partial charge in [-0.05, 0) is 54.3 Å². The van der Waals surface area contributed by atoms with Gasteiger partial charge in [0.05, 0.1) is 6.54 Å². The highest BCUT2D eigenvalue weighted by atomic mass is 32.2. The SMILES string of the molecule is CCc1ccc(C=CC(=O)c2ccc(NC3=NCC(CC)S3)cc2)cc1. The standard InChI is InChI=1S/C22H24N2OS/c1-3-16-5-7-17(8-6-16)9-14-21(25)18-10-12-19(13-11-18)24-22-23-15-20(4-2)26-22/h5-14,20H,3-4,15H2,1-2H3,(H,23,24). The lowest BCUT2D eigenvalue weighted by Crippen LogP contribution is -2.07. The van der Waals surface area contributed by atoms with Crippen molar-refractivity contribution in [2.75, 3.05) is 11.9 Å². The van der Waals surface area contributed by atoms with E-state index < -0.39 is 0 Å². The van der Waals surface area contributed by atoms with Crippen LogP contribution in [0.1, 0.15) is 41.8 Å². The van der Waals surface area contributed by atoms with Crippen molar-refractivity contribution in [2.24, 2.45) is 4.99 Å². The molecule has 1 aliphatic rings. The van der Waals surface area contributed by atoms with E-state index in [2.05, 4.69) is 36.3 Å². The molecule has 0 aliphatic carbocycles. The Balaban J connectivity index is 1.58. The minimum Gasteiger partial charge on any atom is -0.335 e. The normalized spacial score (nSPS) is 16.7. The lowest BCUT2D eigenvalue weighted by Gasteiger charge is -2.07. The third kappa shape index (κ3) is 4.85. The largest absolute Gasteiger partial charge is 0.335 e. The van der Waals surface area contributed by atoms with Crippen molar-refractivity contribution in [2.45, 2.75) is 31.9 Å². The molecule has 0 bridgehead atoms. The van der Waals surface area contributed by atoms with E-state index >= 15 is 0 Å². The minimum absolute atomic E-state index is 0.00903. The molecular weight excluding hydrogens is 340 g/mol. The van der Waals surface area contributed by atoms with Gasteiger partial charge >= 0.3 is 0 Å². The Morgan fingerprint density at radius 2 is 1.88 bits per heavy atom. The average molecular weight is 365 g/mol. The summed E-state index contributed by atoms with van der Waals surface area (Å²) in [6, 6.07) is 15.8. The summed E-state index contributed by atoms with van der Waals surface area (Å²) in [5.41, 5.74) is 3.98. The molecule has 1 N–H and O–H groups in total. The summed E-state index contributed by atoms with van der Waals surface area (Å²) in [5, 5.41) is 4.87. The van der Waals surface area contributed by atoms with Gasteiger partial charge in [0.15, 0.2) is 11.0 Å². The second-order valence-corrected chi connectivity index (χ2v) is 7.58. The number of aliphatic imine (C=N–C) groups is 1. The van der Waals surface area contributed by atoms with Crippen LogP contribution in [0, 0.1) is 0 Å². The van der Waals surface area contributed by atoms with E-state index in [0.717, 1.165) is 35.8 Å². The van der Waals surface area contributed by atoms with Crippen LogP contribution < -0.4 is 5.32 Å². The second kappa shape index (κ2) is 8.86. The molecule has 0 fully saturated rings. The molecule has 0 spiro atoms. The Hall–Kier alpha value is -2.33. The molecule has 0 radical (unpaired) electrons. The molecule has 1 aliphatic heterocycles. The molecule has 2 aromatic carbocycles. The van der Waals surface area contributed by atoms with Crippen LogP contribution >= 0.6 is 11.8 Å². The number of aryl methyl sites for hydroxylation is 1. The van der Waals surface area contributed by atoms with Crippen molar-refractivity contribution in [3.05, 3.63) is 71.3 Å². The third-order valence-electron chi connectivity index (χ3n) is 4.41. The minimum atomic E-state index is 0.00903. The Morgan fingerprint density at radius 1 is 1.15 bits per heavy atom. The lowest BCUT2D eigenvalue weighted by molar-refractivity contribution is 0.104. The van der Waals surface area contributed by atoms with Gasteiger partial charge in [-0.25, -0.2) is 0 Å². The van der Waals surface area contributed by atoms with E-state index in [1.54, 1.807) is 17.8 Å². The molecule has 0 saturated heterocycles. The molecular formula is C22H24N2OS. The quantitative estimate of drug-likeness (QED) is 0.548. The summed E-state index contributed by atoms with van der Waals surface area (Å²) in [5.74, 6) is 0.00903. The number of allylic oxidation sites excluding steroid dienone is 1. The number of nitrogens with one attached hydrogen (secondary N) is 1. The Bertz CT molecular complexity index is 807. The fraction of sp³-hybridized carbons (Fsp3) is 0.273. The predicted molar refractivity (Wildman–Crippen MR) is 113 cm³/mol. The van der Waals surface area contributed by atoms with Crippen LogP contribution in [0.5, 0.6) is 0 Å². The smallest absolute Gasteiger partial charge is 0.185 e. The molecule has 0 amide bonds. The number of ketones is 1. The van der Waals surface area contributed by atoms with Gasteiger partial charge in [-0.15, -0.1) is 0 Å². The molecule has 3 rings (SSSR count). The van der Waals surface area contributed by atoms with Crippen molar-refractivity contribution < 1.29 is 4.79 Å². The highest BCUT2D eigenvalue weighted by Crippen LogP contribution is 2.24. The number of carbonyl (C=O) groups excluding carboxylic acids is 1. The maximum Gasteiger partial charge on any atom is 0.185 e. The maximum atomic E-state index is 12.3. The number of nitrogens with zero attached hydrogens (tertiary/aromatic N) is 1. The summed E-state index contributed by atoms with van der Waals surface area (Å²) < 4.78 is 0. The van der Waals surface area contributed by atoms with Crippen LogP contribution in [0.25, 0.3) is 6.08 Å². The van der Waals surface area contributed by atoms with Gasteiger partial charge in [0.1, 0.15) is 0 Å². The zero-order chi connectivity index (χ0) is 18.4. The number of thioether (sulfide) groups is 1. The van der Waals surface area contributed by atoms with Gasteiger partial charge < -0.3 is 5.32 Å². The molecule has 1 atom stereocenters. The molecule has 0 aromatic heterocycles. The van der Waals surface area contributed by atoms with E-state index in [1.807, 2.05) is 42.5 Å². The molecule has 1 heterocycles. The zero-order valence-corrected chi connectivity index (χ0v) is 16.1. The van der Waals surface area contributed by atoms with Gasteiger partial charge in [0, 0.05) is 16.5 Å². The van der Waals surface area contributed by atoms with Gasteiger partial charge in [-0.1, -0.05) is 56.0 Å². The number of rotatable bonds is 6. The first kappa shape index (κ1) is 18.5. The second-order valence-electron chi connectivity index (χ2n) is 6.29. The van der Waals surface area contributed by atoms with Gasteiger partial charge in [0.25, 0.3) is 0 Å². The fourth-order valence-corrected chi connectivity index (χ4v) is 3.63. The highest BCUT2D eigenvalue weighted by molar-refractivity contribution is 8.15. The number of amidine groups is 1. The number of hydrogen-bond acceptors (Lipinski definition) is 4. The molecule has 1 unspecified atom stereocenters. The van der Waals surface area contributed by atoms with Gasteiger partial charge in [-0.3, -0.25) is 9.79 Å². The van der Waals surface area contributed by atoms with E-state index in [9.17, 15) is 4.79 Å². The Kier molecular flexibility index (Phi) is 6.29. The van der Waals surface area contributed by atoms with Crippen molar-refractivity contribution in [1.82, 2.24) is 0 Å². The van der Waals surface area contributed by atoms with Crippen molar-refractivity contribution in [1.29, 1.82) is 0 Å². The average Bonchev–Trinajstić information content (AvgIpc) is 3.14. The summed E-state index contributed by atoms with van der Waals surface area (Å²) >= 11 is 1.79. The zero-order valence-electron chi connectivity index (χ0n) is 15.2. The van der Waals surface area contributed by atoms with Crippen LogP contribution in [0.2, 0.25) is 0 Å². The van der Waals surface area contributed by atoms with Crippen LogP contribution in [0.3, 0.4) is 0 Å². The first-order valence-corrected chi connectivity index (χ1v) is 9.95. The molecule has 0 saturated carbocycles. The summed E-state index contributed by atoms with van der Waals surface area (Å²) in [6.45, 7) is 5.19. The van der Waals surface area contributed by atoms with Crippen LogP contribution in [0.4, 0.5) is 5.69 Å². The van der Waals surface area contributed by atoms with Crippen molar-refractivity contribution in [3.63, 3.8) is 0 Å². The van der Waals surface area contributed by atoms with Crippen LogP contribution in [-0.4, -0.2) is 22.7 Å². The molecule has 4 heteroatoms. The highest BCUT2D eigenvalue weighted by Gasteiger charge is 2.17. The van der Waals surface area contributed by atoms with Crippen molar-refractivity contribution in [3.8, 4) is 0 Å². The number of carbonyl (C=O) groups is 1. The molecule has 3 nitrogen and oxygen atoms in total. The maximum absolute atomic E-state index is 12.3. The Labute approximate surface area is 159 Å². The van der Waals surface area contributed by atoms with Crippen molar-refractivity contribution >= 4 is 34.5 Å². The van der Waals surface area contributed by atoms with E-state index in [0.29, 0.717) is 10.8 Å². The molecule has 2 aromatic rings. The van der Waals surface area contributed by atoms with Crippen LogP contribution in [0.15, 0.2) is 59.6 Å². The monoisotopic (exact) mass is 364 g/mol. The van der Waals surface area contributed by atoms with E-state index in [1.165, 1.54) is 5.56 Å². The molecule has 26 heavy (non-hydrogen) atoms. The summed E-state index contributed by atoms with van der Waals surface area (Å²) in [4.78, 5) is 16.9. The first-order chi connectivity index (χ1) is 12.7. The summed E-state index contributed by atoms with van der Waals surface area (Å²) in [6.07, 6.45) is 5.64.